The second-order valence-electron chi connectivity index (χ2n) is 7.78. The molecule has 2 bridgehead atoms. The minimum atomic E-state index is -0.119. The first-order valence-corrected chi connectivity index (χ1v) is 9.85. The summed E-state index contributed by atoms with van der Waals surface area (Å²) >= 11 is 0. The molecule has 1 N–H and O–H groups in total. The Morgan fingerprint density at radius 3 is 2.68 bits per heavy atom. The molecule has 1 fully saturated rings. The van der Waals surface area contributed by atoms with Crippen LogP contribution in [0.15, 0.2) is 41.2 Å². The molecule has 2 atom stereocenters. The van der Waals surface area contributed by atoms with Gasteiger partial charge in [-0.1, -0.05) is 12.1 Å². The first-order chi connectivity index (χ1) is 13.5. The predicted octanol–water partition coefficient (Wildman–Crippen LogP) is 2.23. The van der Waals surface area contributed by atoms with Crippen LogP contribution in [0.3, 0.4) is 0 Å². The van der Waals surface area contributed by atoms with E-state index in [1.165, 1.54) is 0 Å². The first-order valence-electron chi connectivity index (χ1n) is 9.85. The Morgan fingerprint density at radius 1 is 1.11 bits per heavy atom. The summed E-state index contributed by atoms with van der Waals surface area (Å²) < 4.78 is 1.87. The van der Waals surface area contributed by atoms with Crippen molar-refractivity contribution in [1.29, 1.82) is 0 Å². The van der Waals surface area contributed by atoms with Crippen molar-refractivity contribution in [2.45, 2.75) is 32.7 Å². The van der Waals surface area contributed by atoms with Gasteiger partial charge >= 0.3 is 0 Å². The molecule has 0 unspecified atom stereocenters. The Kier molecular flexibility index (Phi) is 4.79. The Labute approximate surface area is 164 Å². The predicted molar refractivity (Wildman–Crippen MR) is 107 cm³/mol. The van der Waals surface area contributed by atoms with E-state index in [9.17, 15) is 14.4 Å². The number of fused-ring (bicyclic) bond motifs is 4. The molecule has 0 spiro atoms. The summed E-state index contributed by atoms with van der Waals surface area (Å²) in [6.07, 6.45) is 1.01. The average Bonchev–Trinajstić information content (AvgIpc) is 2.68. The first kappa shape index (κ1) is 18.5. The van der Waals surface area contributed by atoms with E-state index in [1.807, 2.05) is 34.6 Å². The molecule has 1 saturated heterocycles. The van der Waals surface area contributed by atoms with Crippen LogP contribution in [0.5, 0.6) is 0 Å². The molecule has 0 radical (unpaired) electrons. The summed E-state index contributed by atoms with van der Waals surface area (Å²) in [7, 11) is 0. The van der Waals surface area contributed by atoms with Gasteiger partial charge in [0, 0.05) is 56.3 Å². The van der Waals surface area contributed by atoms with Crippen molar-refractivity contribution in [3.8, 4) is 11.1 Å². The number of aromatic nitrogens is 1. The topological polar surface area (TPSA) is 71.4 Å². The van der Waals surface area contributed by atoms with Crippen LogP contribution < -0.4 is 10.9 Å². The fourth-order valence-corrected chi connectivity index (χ4v) is 4.49. The number of nitrogens with zero attached hydrogens (tertiary/aromatic N) is 2. The number of pyridine rings is 1. The molecule has 0 aliphatic carbocycles. The van der Waals surface area contributed by atoms with Gasteiger partial charge in [0.05, 0.1) is 0 Å². The van der Waals surface area contributed by atoms with Crippen LogP contribution in [-0.4, -0.2) is 40.9 Å². The van der Waals surface area contributed by atoms with Gasteiger partial charge in [0.1, 0.15) is 0 Å². The molecule has 146 valence electrons. The maximum absolute atomic E-state index is 12.8. The summed E-state index contributed by atoms with van der Waals surface area (Å²) in [5.41, 5.74) is 3.24. The van der Waals surface area contributed by atoms with Gasteiger partial charge in [0.2, 0.25) is 5.91 Å². The number of piperidine rings is 1. The molecule has 6 nitrogen and oxygen atoms in total. The Bertz CT molecular complexity index is 995. The molecule has 6 heteroatoms. The lowest BCUT2D eigenvalue weighted by Gasteiger charge is -2.42. The van der Waals surface area contributed by atoms with Gasteiger partial charge in [-0.25, -0.2) is 0 Å². The minimum absolute atomic E-state index is 0.0121. The highest BCUT2D eigenvalue weighted by Gasteiger charge is 2.35. The number of nitrogens with one attached hydrogen (secondary N) is 1. The van der Waals surface area contributed by atoms with Gasteiger partial charge in [-0.3, -0.25) is 14.4 Å². The summed E-state index contributed by atoms with van der Waals surface area (Å²) in [4.78, 5) is 38.8. The van der Waals surface area contributed by atoms with Gasteiger partial charge < -0.3 is 14.8 Å². The molecule has 2 aliphatic rings. The van der Waals surface area contributed by atoms with E-state index in [1.54, 1.807) is 19.1 Å². The van der Waals surface area contributed by atoms with Crippen molar-refractivity contribution in [2.75, 3.05) is 19.6 Å². The van der Waals surface area contributed by atoms with E-state index < -0.39 is 0 Å². The molecular formula is C22H25N3O3. The van der Waals surface area contributed by atoms with E-state index in [0.717, 1.165) is 29.8 Å². The second-order valence-corrected chi connectivity index (χ2v) is 7.78. The second kappa shape index (κ2) is 7.26. The molecule has 3 heterocycles. The zero-order valence-electron chi connectivity index (χ0n) is 16.3. The van der Waals surface area contributed by atoms with Crippen LogP contribution in [0.1, 0.15) is 42.2 Å². The summed E-state index contributed by atoms with van der Waals surface area (Å²) in [6, 6.07) is 11.1. The Hall–Kier alpha value is -2.89. The van der Waals surface area contributed by atoms with Crippen molar-refractivity contribution in [3.05, 3.63) is 58.0 Å². The molecule has 0 saturated carbocycles. The van der Waals surface area contributed by atoms with Crippen molar-refractivity contribution in [3.63, 3.8) is 0 Å². The van der Waals surface area contributed by atoms with E-state index in [2.05, 4.69) is 11.4 Å². The van der Waals surface area contributed by atoms with Gasteiger partial charge in [-0.05, 0) is 48.6 Å². The Morgan fingerprint density at radius 2 is 1.93 bits per heavy atom. The Balaban J connectivity index is 1.73. The van der Waals surface area contributed by atoms with E-state index in [-0.39, 0.29) is 23.3 Å². The van der Waals surface area contributed by atoms with E-state index in [0.29, 0.717) is 31.1 Å². The van der Waals surface area contributed by atoms with Gasteiger partial charge in [0.25, 0.3) is 11.5 Å². The summed E-state index contributed by atoms with van der Waals surface area (Å²) in [5.74, 6) is 0.484. The quantitative estimate of drug-likeness (QED) is 0.889. The monoisotopic (exact) mass is 379 g/mol. The third-order valence-corrected chi connectivity index (χ3v) is 5.80. The molecule has 2 aliphatic heterocycles. The molecule has 1 aromatic heterocycles. The number of amides is 2. The van der Waals surface area contributed by atoms with Crippen LogP contribution in [0.25, 0.3) is 11.1 Å². The molecule has 4 rings (SSSR count). The highest BCUT2D eigenvalue weighted by molar-refractivity contribution is 5.95. The number of carbonyl (C=O) groups excluding carboxylic acids is 2. The van der Waals surface area contributed by atoms with Crippen molar-refractivity contribution >= 4 is 11.8 Å². The van der Waals surface area contributed by atoms with Crippen molar-refractivity contribution < 1.29 is 9.59 Å². The summed E-state index contributed by atoms with van der Waals surface area (Å²) in [5, 5.41) is 2.80. The van der Waals surface area contributed by atoms with Gasteiger partial charge in [-0.2, -0.15) is 0 Å². The molecule has 2 amide bonds. The van der Waals surface area contributed by atoms with Crippen LogP contribution in [0.2, 0.25) is 0 Å². The number of likely N-dealkylation sites (tertiary alicyclic amines) is 1. The maximum Gasteiger partial charge on any atom is 0.251 e. The summed E-state index contributed by atoms with van der Waals surface area (Å²) in [6.45, 7) is 6.11. The van der Waals surface area contributed by atoms with Crippen LogP contribution >= 0.6 is 0 Å². The standard InChI is InChI=1S/C22H25N3O3/c1-3-23-22(28)17-6-4-5-16(8-17)18-9-20-19-7-15(11-24(13-19)14(2)26)12-25(20)21(27)10-18/h4-6,8-10,15,19H,3,7,11-13H2,1-2H3,(H,23,28)/t15-,19+/m0/s1. The fourth-order valence-electron chi connectivity index (χ4n) is 4.49. The van der Waals surface area contributed by atoms with Gasteiger partial charge in [-0.15, -0.1) is 0 Å². The third kappa shape index (κ3) is 3.35. The number of carbonyl (C=O) groups is 2. The zero-order valence-corrected chi connectivity index (χ0v) is 16.3. The lowest BCUT2D eigenvalue weighted by molar-refractivity contribution is -0.131. The zero-order chi connectivity index (χ0) is 19.8. The normalized spacial score (nSPS) is 20.4. The lowest BCUT2D eigenvalue weighted by Crippen LogP contribution is -2.48. The number of hydrogen-bond acceptors (Lipinski definition) is 3. The fraction of sp³-hybridized carbons (Fsp3) is 0.409. The highest BCUT2D eigenvalue weighted by Crippen LogP contribution is 2.36. The van der Waals surface area contributed by atoms with E-state index >= 15 is 0 Å². The number of benzene rings is 1. The van der Waals surface area contributed by atoms with Crippen LogP contribution in [0, 0.1) is 5.92 Å². The molecule has 28 heavy (non-hydrogen) atoms. The smallest absolute Gasteiger partial charge is 0.251 e. The molecular weight excluding hydrogens is 354 g/mol. The average molecular weight is 379 g/mol. The van der Waals surface area contributed by atoms with Crippen molar-refractivity contribution in [1.82, 2.24) is 14.8 Å². The van der Waals surface area contributed by atoms with Gasteiger partial charge in [0.15, 0.2) is 0 Å². The molecule has 1 aromatic carbocycles. The highest BCUT2D eigenvalue weighted by atomic mass is 16.2. The number of hydrogen-bond donors (Lipinski definition) is 1. The molecule has 2 aromatic rings. The van der Waals surface area contributed by atoms with Crippen molar-refractivity contribution in [2.24, 2.45) is 5.92 Å². The largest absolute Gasteiger partial charge is 0.352 e. The number of rotatable bonds is 3. The maximum atomic E-state index is 12.8. The minimum Gasteiger partial charge on any atom is -0.352 e. The van der Waals surface area contributed by atoms with E-state index in [4.69, 9.17) is 0 Å². The SMILES string of the molecule is CCNC(=O)c1cccc(-c2cc3n(c(=O)c2)C[C@H]2C[C@@H]3CN(C(C)=O)C2)c1. The van der Waals surface area contributed by atoms with Crippen LogP contribution in [-0.2, 0) is 11.3 Å². The third-order valence-electron chi connectivity index (χ3n) is 5.80. The lowest BCUT2D eigenvalue weighted by atomic mass is 9.82. The van der Waals surface area contributed by atoms with Crippen LogP contribution in [0.4, 0.5) is 0 Å².